The first-order valence-corrected chi connectivity index (χ1v) is 7.38. The van der Waals surface area contributed by atoms with E-state index in [1.54, 1.807) is 0 Å². The number of nitrogens with zero attached hydrogens (tertiary/aromatic N) is 1. The Morgan fingerprint density at radius 1 is 1.00 bits per heavy atom. The van der Waals surface area contributed by atoms with E-state index in [1.165, 1.54) is 23.8 Å². The van der Waals surface area contributed by atoms with Crippen molar-refractivity contribution < 1.29 is 9.47 Å². The van der Waals surface area contributed by atoms with Crippen LogP contribution in [0.3, 0.4) is 0 Å². The van der Waals surface area contributed by atoms with E-state index in [1.807, 2.05) is 24.3 Å². The van der Waals surface area contributed by atoms with Crippen molar-refractivity contribution in [3.8, 4) is 22.6 Å². The molecule has 0 atom stereocenters. The third-order valence-electron chi connectivity index (χ3n) is 3.96. The largest absolute Gasteiger partial charge is 0.462 e. The Labute approximate surface area is 136 Å². The summed E-state index contributed by atoms with van der Waals surface area (Å²) in [6.07, 6.45) is 4.68. The van der Waals surface area contributed by atoms with E-state index in [0.29, 0.717) is 11.5 Å². The summed E-state index contributed by atoms with van der Waals surface area (Å²) in [5.74, 6) is 1.26. The van der Waals surface area contributed by atoms with Gasteiger partial charge >= 0.3 is 0 Å². The molecule has 2 aromatic rings. The van der Waals surface area contributed by atoms with E-state index in [9.17, 15) is 0 Å². The zero-order chi connectivity index (χ0) is 16.4. The second-order valence-corrected chi connectivity index (χ2v) is 5.33. The SMILES string of the molecule is C=COc1cc2c(cc1OC=C)-c1cccc(C=C)c1N(C)C2. The maximum atomic E-state index is 5.51. The van der Waals surface area contributed by atoms with Gasteiger partial charge in [-0.25, -0.2) is 0 Å². The Hall–Kier alpha value is -2.94. The Kier molecular flexibility index (Phi) is 3.94. The summed E-state index contributed by atoms with van der Waals surface area (Å²) in [6, 6.07) is 10.2. The molecule has 1 aliphatic rings. The van der Waals surface area contributed by atoms with Crippen LogP contribution in [0.4, 0.5) is 5.69 Å². The van der Waals surface area contributed by atoms with E-state index in [4.69, 9.17) is 9.47 Å². The van der Waals surface area contributed by atoms with Crippen LogP contribution in [0.1, 0.15) is 11.1 Å². The molecule has 0 unspecified atom stereocenters. The van der Waals surface area contributed by atoms with Crippen LogP contribution in [0.2, 0.25) is 0 Å². The highest BCUT2D eigenvalue weighted by atomic mass is 16.5. The molecule has 3 nitrogen and oxygen atoms in total. The van der Waals surface area contributed by atoms with Crippen LogP contribution in [0, 0.1) is 0 Å². The molecule has 0 aliphatic carbocycles. The van der Waals surface area contributed by atoms with E-state index in [2.05, 4.69) is 43.8 Å². The normalized spacial score (nSPS) is 12.0. The van der Waals surface area contributed by atoms with Gasteiger partial charge in [0.2, 0.25) is 0 Å². The monoisotopic (exact) mass is 305 g/mol. The molecule has 3 rings (SSSR count). The fourth-order valence-electron chi connectivity index (χ4n) is 3.05. The van der Waals surface area contributed by atoms with Crippen LogP contribution in [-0.2, 0) is 6.54 Å². The standard InChI is InChI=1S/C20H19NO2/c1-5-14-9-8-10-16-17-12-19(23-7-3)18(22-6-2)11-15(17)13-21(4)20(14)16/h5-12H,1-3,13H2,4H3. The molecule has 116 valence electrons. The molecule has 0 N–H and O–H groups in total. The van der Waals surface area contributed by atoms with Crippen molar-refractivity contribution in [3.63, 3.8) is 0 Å². The lowest BCUT2D eigenvalue weighted by Gasteiger charge is -2.31. The average Bonchev–Trinajstić information content (AvgIpc) is 2.56. The maximum Gasteiger partial charge on any atom is 0.169 e. The highest BCUT2D eigenvalue weighted by molar-refractivity contribution is 5.89. The van der Waals surface area contributed by atoms with Gasteiger partial charge < -0.3 is 14.4 Å². The van der Waals surface area contributed by atoms with Crippen molar-refractivity contribution in [2.75, 3.05) is 11.9 Å². The van der Waals surface area contributed by atoms with Crippen LogP contribution in [0.5, 0.6) is 11.5 Å². The first-order chi connectivity index (χ1) is 11.2. The van der Waals surface area contributed by atoms with Crippen molar-refractivity contribution in [2.45, 2.75) is 6.54 Å². The van der Waals surface area contributed by atoms with Gasteiger partial charge in [0.05, 0.1) is 18.2 Å². The summed E-state index contributed by atoms with van der Waals surface area (Å²) < 4.78 is 11.0. The minimum Gasteiger partial charge on any atom is -0.462 e. The summed E-state index contributed by atoms with van der Waals surface area (Å²) in [5.41, 5.74) is 5.76. The molecular weight excluding hydrogens is 286 g/mol. The Balaban J connectivity index is 2.24. The summed E-state index contributed by atoms with van der Waals surface area (Å²) in [5, 5.41) is 0. The Morgan fingerprint density at radius 3 is 2.35 bits per heavy atom. The molecule has 0 saturated carbocycles. The number of para-hydroxylation sites is 1. The van der Waals surface area contributed by atoms with Crippen molar-refractivity contribution in [3.05, 3.63) is 73.7 Å². The summed E-state index contributed by atoms with van der Waals surface area (Å²) in [6.45, 7) is 12.0. The van der Waals surface area contributed by atoms with Crippen molar-refractivity contribution in [1.29, 1.82) is 0 Å². The number of benzene rings is 2. The number of fused-ring (bicyclic) bond motifs is 3. The molecule has 1 aliphatic heterocycles. The topological polar surface area (TPSA) is 21.7 Å². The minimum absolute atomic E-state index is 0.623. The number of anilines is 1. The first kappa shape index (κ1) is 15.0. The zero-order valence-electron chi connectivity index (χ0n) is 13.2. The second kappa shape index (κ2) is 6.05. The quantitative estimate of drug-likeness (QED) is 0.726. The molecule has 0 saturated heterocycles. The molecule has 0 fully saturated rings. The predicted molar refractivity (Wildman–Crippen MR) is 95.7 cm³/mol. The summed E-state index contributed by atoms with van der Waals surface area (Å²) in [7, 11) is 2.08. The molecule has 0 amide bonds. The third kappa shape index (κ3) is 2.50. The molecule has 0 spiro atoms. The van der Waals surface area contributed by atoms with E-state index in [-0.39, 0.29) is 0 Å². The fourth-order valence-corrected chi connectivity index (χ4v) is 3.05. The zero-order valence-corrected chi connectivity index (χ0v) is 13.2. The van der Waals surface area contributed by atoms with Gasteiger partial charge in [0.15, 0.2) is 11.5 Å². The maximum absolute atomic E-state index is 5.51. The van der Waals surface area contributed by atoms with Crippen molar-refractivity contribution >= 4 is 11.8 Å². The minimum atomic E-state index is 0.623. The summed E-state index contributed by atoms with van der Waals surface area (Å²) >= 11 is 0. The van der Waals surface area contributed by atoms with E-state index in [0.717, 1.165) is 23.2 Å². The second-order valence-electron chi connectivity index (χ2n) is 5.33. The van der Waals surface area contributed by atoms with Crippen LogP contribution in [-0.4, -0.2) is 7.05 Å². The van der Waals surface area contributed by atoms with E-state index < -0.39 is 0 Å². The fraction of sp³-hybridized carbons (Fsp3) is 0.100. The van der Waals surface area contributed by atoms with Gasteiger partial charge in [-0.05, 0) is 28.8 Å². The lowest BCUT2D eigenvalue weighted by atomic mass is 9.91. The van der Waals surface area contributed by atoms with Crippen LogP contribution in [0.25, 0.3) is 17.2 Å². The third-order valence-corrected chi connectivity index (χ3v) is 3.96. The van der Waals surface area contributed by atoms with Gasteiger partial charge in [0.1, 0.15) is 0 Å². The van der Waals surface area contributed by atoms with Crippen molar-refractivity contribution in [2.24, 2.45) is 0 Å². The van der Waals surface area contributed by atoms with Gasteiger partial charge in [-0.2, -0.15) is 0 Å². The Bertz CT molecular complexity index is 792. The summed E-state index contributed by atoms with van der Waals surface area (Å²) in [4.78, 5) is 2.22. The molecule has 3 heteroatoms. The number of hydrogen-bond donors (Lipinski definition) is 0. The molecule has 0 radical (unpaired) electrons. The molecule has 23 heavy (non-hydrogen) atoms. The predicted octanol–water partition coefficient (Wildman–Crippen LogP) is 4.99. The number of rotatable bonds is 5. The van der Waals surface area contributed by atoms with Gasteiger partial charge in [0.25, 0.3) is 0 Å². The molecular formula is C20H19NO2. The van der Waals surface area contributed by atoms with Crippen LogP contribution in [0.15, 0.2) is 62.6 Å². The number of hydrogen-bond acceptors (Lipinski definition) is 3. The lowest BCUT2D eigenvalue weighted by molar-refractivity contribution is 0.418. The van der Waals surface area contributed by atoms with Crippen LogP contribution < -0.4 is 14.4 Å². The number of ether oxygens (including phenoxy) is 2. The molecule has 1 heterocycles. The van der Waals surface area contributed by atoms with Gasteiger partial charge in [-0.15, -0.1) is 0 Å². The molecule has 2 aromatic carbocycles. The highest BCUT2D eigenvalue weighted by Crippen LogP contribution is 2.45. The smallest absolute Gasteiger partial charge is 0.169 e. The Morgan fingerprint density at radius 2 is 1.70 bits per heavy atom. The van der Waals surface area contributed by atoms with E-state index >= 15 is 0 Å². The van der Waals surface area contributed by atoms with Gasteiger partial charge in [-0.3, -0.25) is 0 Å². The van der Waals surface area contributed by atoms with Crippen molar-refractivity contribution in [1.82, 2.24) is 0 Å². The first-order valence-electron chi connectivity index (χ1n) is 7.38. The molecule has 0 bridgehead atoms. The van der Waals surface area contributed by atoms with Gasteiger partial charge in [-0.1, -0.05) is 44.0 Å². The highest BCUT2D eigenvalue weighted by Gasteiger charge is 2.23. The van der Waals surface area contributed by atoms with Gasteiger partial charge in [0, 0.05) is 19.2 Å². The van der Waals surface area contributed by atoms with Crippen LogP contribution >= 0.6 is 0 Å². The lowest BCUT2D eigenvalue weighted by Crippen LogP contribution is -2.22. The molecule has 0 aromatic heterocycles. The average molecular weight is 305 g/mol.